The van der Waals surface area contributed by atoms with Crippen LogP contribution in [0.5, 0.6) is 0 Å². The number of carboxylic acid groups (broad SMARTS) is 4. The number of nitrogen functional groups attached to an aromatic ring is 2. The molecule has 2 aliphatic carbocycles. The Labute approximate surface area is 782 Å². The Morgan fingerprint density at radius 3 is 1.15 bits per heavy atom. The number of nitrogens with one attached hydrogen (secondary N) is 8. The van der Waals surface area contributed by atoms with Gasteiger partial charge in [-0.25, -0.2) is 9.59 Å². The maximum absolute atomic E-state index is 13.3. The van der Waals surface area contributed by atoms with Gasteiger partial charge in [0.1, 0.15) is 59.7 Å². The van der Waals surface area contributed by atoms with E-state index >= 15 is 0 Å². The Balaban J connectivity index is 0.000000460. The number of rotatable bonds is 64. The van der Waals surface area contributed by atoms with Gasteiger partial charge in [0.05, 0.1) is 81.4 Å². The van der Waals surface area contributed by atoms with Gasteiger partial charge in [0.2, 0.25) is 23.7 Å². The number of nitrogens with zero attached hydrogens (tertiary/aromatic N) is 2. The summed E-state index contributed by atoms with van der Waals surface area (Å²) in [6.07, 6.45) is 10.3. The number of amides is 4. The number of fused-ring (bicyclic) bond motifs is 2. The number of anilines is 2. The van der Waals surface area contributed by atoms with Crippen LogP contribution in [0.15, 0.2) is 70.5 Å². The Bertz CT molecular complexity index is 4890. The summed E-state index contributed by atoms with van der Waals surface area (Å²) in [5, 5.41) is 51.0. The average Bonchev–Trinajstić information content (AvgIpc) is 1.66. The van der Waals surface area contributed by atoms with Gasteiger partial charge < -0.3 is 91.5 Å². The van der Waals surface area contributed by atoms with E-state index < -0.39 is 77.5 Å². The van der Waals surface area contributed by atoms with E-state index in [9.17, 15) is 97.1 Å². The number of carbonyl (C=O) groups excluding carboxylic acids is 10. The second-order valence-electron chi connectivity index (χ2n) is 31.5. The number of aliphatic carboxylic acids is 4. The number of hydrogen-bond donors (Lipinski definition) is 14. The van der Waals surface area contributed by atoms with Gasteiger partial charge in [0.25, 0.3) is 22.9 Å². The van der Waals surface area contributed by atoms with E-state index in [1.54, 1.807) is 108 Å². The molecule has 0 radical (unpaired) electrons. The zero-order valence-electron chi connectivity index (χ0n) is 73.5. The molecule has 728 valence electrons. The summed E-state index contributed by atoms with van der Waals surface area (Å²) in [6.45, 7) is 8.02. The molecule has 10 atom stereocenters. The smallest absolute Gasteiger partial charge is 0.326 e. The molecule has 0 saturated heterocycles. The summed E-state index contributed by atoms with van der Waals surface area (Å²) >= 11 is 6.54. The van der Waals surface area contributed by atoms with Gasteiger partial charge in [0, 0.05) is 138 Å². The molecule has 2 aromatic carbocycles. The highest BCUT2D eigenvalue weighted by Crippen LogP contribution is 2.43. The summed E-state index contributed by atoms with van der Waals surface area (Å²) in [5.41, 5.74) is 15.1. The highest BCUT2D eigenvalue weighted by Gasteiger charge is 2.37. The topological polar surface area (TPSA) is 599 Å². The zero-order chi connectivity index (χ0) is 94.6. The number of aromatic nitrogens is 6. The summed E-state index contributed by atoms with van der Waals surface area (Å²) in [4.78, 5) is 215. The highest BCUT2D eigenvalue weighted by atomic mass is 32.2. The number of ether oxygens (including phenoxy) is 6. The van der Waals surface area contributed by atoms with E-state index in [1.165, 1.54) is 13.8 Å². The van der Waals surface area contributed by atoms with Crippen molar-refractivity contribution < 1.29 is 116 Å². The Kier molecular flexibility index (Phi) is 50.8. The van der Waals surface area contributed by atoms with E-state index in [1.807, 2.05) is 13.8 Å². The van der Waals surface area contributed by atoms with Gasteiger partial charge in [0.15, 0.2) is 0 Å². The van der Waals surface area contributed by atoms with Gasteiger partial charge in [-0.2, -0.15) is 57.0 Å². The number of aryl methyl sites for hydroxylation is 4. The third-order valence-corrected chi connectivity index (χ3v) is 28.3. The second kappa shape index (κ2) is 59.9. The highest BCUT2D eigenvalue weighted by molar-refractivity contribution is 8.04. The van der Waals surface area contributed by atoms with Crippen LogP contribution in [0.1, 0.15) is 188 Å². The third-order valence-electron chi connectivity index (χ3n) is 21.6. The van der Waals surface area contributed by atoms with Crippen LogP contribution >= 0.6 is 47.0 Å². The molecule has 2 saturated carbocycles. The minimum Gasteiger partial charge on any atom is -0.481 e. The fourth-order valence-electron chi connectivity index (χ4n) is 13.5. The van der Waals surface area contributed by atoms with Crippen molar-refractivity contribution in [3.05, 3.63) is 115 Å². The number of carbonyl (C=O) groups is 14. The fraction of sp³-hybridized carbons (Fsp3) is 0.578. The maximum Gasteiger partial charge on any atom is 0.326 e. The third kappa shape index (κ3) is 39.7. The summed E-state index contributed by atoms with van der Waals surface area (Å²) < 4.78 is 32.0. The van der Waals surface area contributed by atoms with Gasteiger partial charge in [-0.1, -0.05) is 53.0 Å². The molecule has 4 heterocycles. The van der Waals surface area contributed by atoms with Gasteiger partial charge >= 0.3 is 35.8 Å². The van der Waals surface area contributed by atoms with E-state index in [0.717, 1.165) is 47.9 Å². The lowest BCUT2D eigenvalue weighted by Gasteiger charge is -2.36. The number of Topliss-reactive ketones (excluding diaryl/α,β-unsaturated/α-hetero) is 4. The first-order valence-corrected chi connectivity index (χ1v) is 47.6. The number of ketones is 4. The van der Waals surface area contributed by atoms with Crippen LogP contribution in [-0.2, 0) is 112 Å². The van der Waals surface area contributed by atoms with Crippen LogP contribution < -0.4 is 43.9 Å². The van der Waals surface area contributed by atoms with Crippen LogP contribution in [0, 0.1) is 23.7 Å². The van der Waals surface area contributed by atoms with E-state index in [0.29, 0.717) is 83.6 Å². The lowest BCUT2D eigenvalue weighted by molar-refractivity contribution is -0.147. The SMILES string of the molecule is C.C.CCC(CSC1CCC1SCC(CC(=O)CCOCCC(C)=O)C(=O)NCCOCCOC(=O)CC[C@H](NC(=O)c1ccc(CCc2c[nH]c3nc(N)[nH]c(=O)c23)cc1)C(=O)O)C(=O)O.CCC(CSC1CCC1SCC(CC(=O)CCOCCC(C)=O)C(=O)O)C(=O)NCCOCCOC(=O)CC[C@H](NC(=O)c1ccc(CCc2c[nH]c3nc(N)[nH]c(=O)c23)cc1)C(=O)O. The van der Waals surface area contributed by atoms with Crippen LogP contribution in [0.2, 0.25) is 0 Å². The zero-order valence-corrected chi connectivity index (χ0v) is 76.7. The Hall–Kier alpha value is -10.5. The molecule has 2 aliphatic rings. The minimum atomic E-state index is -1.35. The van der Waals surface area contributed by atoms with E-state index in [4.69, 9.17) is 39.9 Å². The number of H-pyrrole nitrogens is 4. The van der Waals surface area contributed by atoms with Crippen molar-refractivity contribution in [1.29, 1.82) is 0 Å². The van der Waals surface area contributed by atoms with E-state index in [-0.39, 0.29) is 254 Å². The van der Waals surface area contributed by atoms with Crippen molar-refractivity contribution >= 4 is 164 Å². The second-order valence-corrected chi connectivity index (χ2v) is 36.6. The lowest BCUT2D eigenvalue weighted by Crippen LogP contribution is -2.41. The molecule has 16 N–H and O–H groups in total. The molecule has 8 rings (SSSR count). The molecular formula is C90H128N12O26S4. The molecule has 0 aliphatic heterocycles. The number of carboxylic acids is 4. The maximum atomic E-state index is 13.3. The van der Waals surface area contributed by atoms with Crippen LogP contribution in [-0.4, -0.2) is 268 Å². The molecule has 8 unspecified atom stereocenters. The molecule has 4 aromatic heterocycles. The molecule has 0 spiro atoms. The molecule has 42 heteroatoms. The van der Waals surface area contributed by atoms with Gasteiger partial charge in [-0.3, -0.25) is 77.1 Å². The molecule has 38 nitrogen and oxygen atoms in total. The summed E-state index contributed by atoms with van der Waals surface area (Å²) in [5.74, 6) is -7.89. The van der Waals surface area contributed by atoms with Crippen LogP contribution in [0.25, 0.3) is 22.1 Å². The molecule has 0 bridgehead atoms. The molecule has 132 heavy (non-hydrogen) atoms. The quantitative estimate of drug-likeness (QED) is 0.0127. The minimum absolute atomic E-state index is 0. The first kappa shape index (κ1) is 112. The van der Waals surface area contributed by atoms with Crippen molar-refractivity contribution in [3.8, 4) is 0 Å². The van der Waals surface area contributed by atoms with Gasteiger partial charge in [-0.05, 0) is 137 Å². The van der Waals surface area contributed by atoms with Crippen LogP contribution in [0.4, 0.5) is 11.9 Å². The average molecular weight is 1920 g/mol. The normalized spacial score (nSPS) is 15.7. The number of thioether (sulfide) groups is 4. The van der Waals surface area contributed by atoms with Crippen molar-refractivity contribution in [2.45, 2.75) is 204 Å². The first-order chi connectivity index (χ1) is 62.3. The number of hydrogen-bond acceptors (Lipinski definition) is 30. The molecule has 4 amide bonds. The predicted molar refractivity (Wildman–Crippen MR) is 503 cm³/mol. The largest absolute Gasteiger partial charge is 0.481 e. The Morgan fingerprint density at radius 2 is 0.788 bits per heavy atom. The fourth-order valence-corrected chi connectivity index (χ4v) is 20.2. The van der Waals surface area contributed by atoms with Crippen molar-refractivity contribution in [2.75, 3.05) is 114 Å². The van der Waals surface area contributed by atoms with Crippen molar-refractivity contribution in [2.24, 2.45) is 23.7 Å². The molecule has 2 fully saturated rings. The number of esters is 2. The predicted octanol–water partition coefficient (Wildman–Crippen LogP) is 7.93. The lowest BCUT2D eigenvalue weighted by atomic mass is 9.99. The molecule has 6 aromatic rings. The van der Waals surface area contributed by atoms with Crippen molar-refractivity contribution in [1.82, 2.24) is 51.2 Å². The number of nitrogens with two attached hydrogens (primary N) is 2. The summed E-state index contributed by atoms with van der Waals surface area (Å²) in [6, 6.07) is 10.5. The monoisotopic (exact) mass is 1920 g/mol. The number of benzene rings is 2. The van der Waals surface area contributed by atoms with Crippen LogP contribution in [0.3, 0.4) is 0 Å². The van der Waals surface area contributed by atoms with Crippen molar-refractivity contribution in [3.63, 3.8) is 0 Å². The first-order valence-electron chi connectivity index (χ1n) is 43.4. The Morgan fingerprint density at radius 1 is 0.439 bits per heavy atom. The van der Waals surface area contributed by atoms with E-state index in [2.05, 4.69) is 51.2 Å². The standard InChI is InChI=1S/2C44H60N6O13S2.2CH4/c1-3-28(42(57)58)24-64-34-11-12-35(34)65-25-31(22-32(52)15-18-61-17-14-26(2)51)39(54)46-16-19-62-20-21-63-36(53)13-10-33(43(59)60)48-40(55)29-7-4-27(5-8-29)6-9-30-23-47-38-37(30)41(56)50-44(45)49-38;1-3-28(24-64-34-11-12-35(34)65-25-31(42(57)58)22-32(52)15-18-61-17-14-26(2)51)39(54)46-16-19-62-20-21-63-36(53)13-10-33(43(59)60)48-40(55)29-7-4-27(5-8-29)6-9-30-23-47-38-37(30)41(56)50-44(45)49-38;;/h2*4-5,7-8,23,28,31,33-35H,3,6,9-22,24-25H2,1-2H3,(H,46,54)(H,48,55)(H,57,58)(H,59,60)(H4,45,47,49,50,56);2*1H4/t2*28?,31?,33-,34?,35?;;/m00../s1. The van der Waals surface area contributed by atoms with Gasteiger partial charge in [-0.15, -0.1) is 0 Å². The molecular weight excluding hydrogens is 1790 g/mol. The number of aromatic amines is 4. The summed E-state index contributed by atoms with van der Waals surface area (Å²) in [7, 11) is 0.